The molecule has 0 N–H and O–H groups in total. The van der Waals surface area contributed by atoms with E-state index in [9.17, 15) is 13.2 Å². The summed E-state index contributed by atoms with van der Waals surface area (Å²) in [6.45, 7) is 2.05. The lowest BCUT2D eigenvalue weighted by Gasteiger charge is -2.29. The average Bonchev–Trinajstić information content (AvgIpc) is 2.17. The van der Waals surface area contributed by atoms with Gasteiger partial charge in [-0.2, -0.15) is 0 Å². The van der Waals surface area contributed by atoms with Gasteiger partial charge in [0, 0.05) is 38.3 Å². The van der Waals surface area contributed by atoms with Crippen molar-refractivity contribution in [2.45, 2.75) is 0 Å². The second-order valence-corrected chi connectivity index (χ2v) is 3.38. The van der Waals surface area contributed by atoms with Gasteiger partial charge in [-0.25, -0.2) is 18.5 Å². The van der Waals surface area contributed by atoms with Gasteiger partial charge >= 0.3 is 0 Å². The number of piperazine rings is 1. The van der Waals surface area contributed by atoms with E-state index in [1.165, 1.54) is 0 Å². The Bertz CT molecular complexity index is 339. The maximum Gasteiger partial charge on any atom is 0.152 e. The molecule has 81 valence electrons. The summed E-state index contributed by atoms with van der Waals surface area (Å²) in [4.78, 5) is 1.55. The number of hydrogen-bond donors (Lipinski definition) is 0. The van der Waals surface area contributed by atoms with Crippen LogP contribution in [0.2, 0.25) is 0 Å². The smallest absolute Gasteiger partial charge is 0.152 e. The molecular formula is C10H10F3N2. The van der Waals surface area contributed by atoms with E-state index in [0.717, 1.165) is 0 Å². The van der Waals surface area contributed by atoms with Gasteiger partial charge in [0.2, 0.25) is 0 Å². The molecular weight excluding hydrogens is 205 g/mol. The molecule has 1 aromatic carbocycles. The molecule has 15 heavy (non-hydrogen) atoms. The maximum absolute atomic E-state index is 13.3. The predicted octanol–water partition coefficient (Wildman–Crippen LogP) is 1.53. The predicted molar refractivity (Wildman–Crippen MR) is 50.4 cm³/mol. The zero-order valence-corrected chi connectivity index (χ0v) is 8.01. The number of halogens is 3. The summed E-state index contributed by atoms with van der Waals surface area (Å²) in [5.74, 6) is -2.60. The third kappa shape index (κ3) is 2.07. The van der Waals surface area contributed by atoms with Gasteiger partial charge < -0.3 is 4.90 Å². The van der Waals surface area contributed by atoms with Crippen LogP contribution in [0.5, 0.6) is 0 Å². The number of hydrogen-bond acceptors (Lipinski definition) is 1. The lowest BCUT2D eigenvalue weighted by Crippen LogP contribution is -2.41. The van der Waals surface area contributed by atoms with Gasteiger partial charge in [-0.15, -0.1) is 0 Å². The minimum absolute atomic E-state index is 0.147. The SMILES string of the molecule is Fc1cc(F)c(N2CC[N]CC2)c(F)c1. The summed E-state index contributed by atoms with van der Waals surface area (Å²) < 4.78 is 39.3. The summed E-state index contributed by atoms with van der Waals surface area (Å²) in [6, 6.07) is 1.40. The summed E-state index contributed by atoms with van der Waals surface area (Å²) >= 11 is 0. The molecule has 0 unspecified atom stereocenters. The second-order valence-electron chi connectivity index (χ2n) is 3.38. The lowest BCUT2D eigenvalue weighted by atomic mass is 10.2. The second kappa shape index (κ2) is 4.10. The van der Waals surface area contributed by atoms with E-state index >= 15 is 0 Å². The molecule has 1 radical (unpaired) electrons. The zero-order valence-electron chi connectivity index (χ0n) is 8.01. The van der Waals surface area contributed by atoms with Crippen molar-refractivity contribution < 1.29 is 13.2 Å². The Morgan fingerprint density at radius 2 is 1.53 bits per heavy atom. The van der Waals surface area contributed by atoms with Crippen LogP contribution in [0.4, 0.5) is 18.9 Å². The summed E-state index contributed by atoms with van der Waals surface area (Å²) in [5, 5.41) is 4.07. The number of nitrogens with zero attached hydrogens (tertiary/aromatic N) is 2. The molecule has 1 aromatic rings. The van der Waals surface area contributed by atoms with Crippen molar-refractivity contribution in [2.24, 2.45) is 0 Å². The number of benzene rings is 1. The standard InChI is InChI=1S/C10H10F3N2/c11-7-5-8(12)10(9(13)6-7)15-3-1-14-2-4-15/h5-6H,1-4H2. The van der Waals surface area contributed by atoms with Crippen molar-refractivity contribution in [3.05, 3.63) is 29.6 Å². The monoisotopic (exact) mass is 215 g/mol. The average molecular weight is 215 g/mol. The Morgan fingerprint density at radius 3 is 2.07 bits per heavy atom. The van der Waals surface area contributed by atoms with Gasteiger partial charge in [-0.3, -0.25) is 0 Å². The lowest BCUT2D eigenvalue weighted by molar-refractivity contribution is 0.516. The first-order chi connectivity index (χ1) is 7.18. The fourth-order valence-corrected chi connectivity index (χ4v) is 1.67. The van der Waals surface area contributed by atoms with E-state index < -0.39 is 17.5 Å². The van der Waals surface area contributed by atoms with Gasteiger partial charge in [0.15, 0.2) is 11.6 Å². The minimum atomic E-state index is -0.893. The van der Waals surface area contributed by atoms with Crippen LogP contribution in [-0.4, -0.2) is 26.2 Å². The topological polar surface area (TPSA) is 17.3 Å². The quantitative estimate of drug-likeness (QED) is 0.694. The highest BCUT2D eigenvalue weighted by Gasteiger charge is 2.20. The summed E-state index contributed by atoms with van der Waals surface area (Å²) in [5.41, 5.74) is -0.147. The molecule has 5 heteroatoms. The zero-order chi connectivity index (χ0) is 10.8. The molecule has 1 aliphatic rings. The van der Waals surface area contributed by atoms with Crippen LogP contribution in [0.25, 0.3) is 0 Å². The van der Waals surface area contributed by atoms with Gasteiger partial charge in [0.05, 0.1) is 0 Å². The van der Waals surface area contributed by atoms with Crippen molar-refractivity contribution in [1.29, 1.82) is 0 Å². The van der Waals surface area contributed by atoms with Crippen molar-refractivity contribution in [3.63, 3.8) is 0 Å². The molecule has 0 aromatic heterocycles. The molecule has 1 saturated heterocycles. The van der Waals surface area contributed by atoms with Gasteiger partial charge in [-0.1, -0.05) is 0 Å². The van der Waals surface area contributed by atoms with Crippen molar-refractivity contribution in [3.8, 4) is 0 Å². The van der Waals surface area contributed by atoms with Gasteiger partial charge in [0.1, 0.15) is 11.5 Å². The van der Waals surface area contributed by atoms with Gasteiger partial charge in [0.25, 0.3) is 0 Å². The summed E-state index contributed by atoms with van der Waals surface area (Å²) in [6.07, 6.45) is 0. The third-order valence-corrected chi connectivity index (χ3v) is 2.35. The molecule has 0 aliphatic carbocycles. The molecule has 0 atom stereocenters. The third-order valence-electron chi connectivity index (χ3n) is 2.35. The molecule has 0 amide bonds. The van der Waals surface area contributed by atoms with Crippen LogP contribution in [0, 0.1) is 17.5 Å². The van der Waals surface area contributed by atoms with Gasteiger partial charge in [-0.05, 0) is 0 Å². The highest BCUT2D eigenvalue weighted by Crippen LogP contribution is 2.24. The first-order valence-corrected chi connectivity index (χ1v) is 4.71. The molecule has 2 rings (SSSR count). The van der Waals surface area contributed by atoms with Crippen LogP contribution in [0.3, 0.4) is 0 Å². The Hall–Kier alpha value is -1.23. The number of rotatable bonds is 1. The minimum Gasteiger partial charge on any atom is -0.364 e. The van der Waals surface area contributed by atoms with Crippen LogP contribution < -0.4 is 10.2 Å². The first kappa shape index (κ1) is 10.3. The summed E-state index contributed by atoms with van der Waals surface area (Å²) in [7, 11) is 0. The highest BCUT2D eigenvalue weighted by atomic mass is 19.1. The van der Waals surface area contributed by atoms with E-state index in [-0.39, 0.29) is 5.69 Å². The van der Waals surface area contributed by atoms with E-state index in [1.807, 2.05) is 0 Å². The first-order valence-electron chi connectivity index (χ1n) is 4.71. The Labute approximate surface area is 85.7 Å². The fraction of sp³-hybridized carbons (Fsp3) is 0.400. The Kier molecular flexibility index (Phi) is 2.81. The largest absolute Gasteiger partial charge is 0.364 e. The molecule has 0 saturated carbocycles. The molecule has 1 heterocycles. The molecule has 0 spiro atoms. The molecule has 0 bridgehead atoms. The van der Waals surface area contributed by atoms with E-state index in [4.69, 9.17) is 0 Å². The van der Waals surface area contributed by atoms with E-state index in [1.54, 1.807) is 4.90 Å². The normalized spacial score (nSPS) is 16.9. The van der Waals surface area contributed by atoms with Crippen LogP contribution in [0.15, 0.2) is 12.1 Å². The van der Waals surface area contributed by atoms with Crippen molar-refractivity contribution >= 4 is 5.69 Å². The van der Waals surface area contributed by atoms with Crippen molar-refractivity contribution in [2.75, 3.05) is 31.1 Å². The molecule has 1 aliphatic heterocycles. The van der Waals surface area contributed by atoms with E-state index in [0.29, 0.717) is 38.3 Å². The molecule has 2 nitrogen and oxygen atoms in total. The maximum atomic E-state index is 13.3. The fourth-order valence-electron chi connectivity index (χ4n) is 1.67. The van der Waals surface area contributed by atoms with Crippen molar-refractivity contribution in [1.82, 2.24) is 5.32 Å². The Balaban J connectivity index is 2.33. The van der Waals surface area contributed by atoms with Crippen LogP contribution in [0.1, 0.15) is 0 Å². The Morgan fingerprint density at radius 1 is 1.00 bits per heavy atom. The van der Waals surface area contributed by atoms with Crippen LogP contribution >= 0.6 is 0 Å². The van der Waals surface area contributed by atoms with Crippen LogP contribution in [-0.2, 0) is 0 Å². The van der Waals surface area contributed by atoms with E-state index in [2.05, 4.69) is 5.32 Å². The highest BCUT2D eigenvalue weighted by molar-refractivity contribution is 5.49. The molecule has 1 fully saturated rings. The number of anilines is 1.